The van der Waals surface area contributed by atoms with Gasteiger partial charge < -0.3 is 9.84 Å². The highest BCUT2D eigenvalue weighted by molar-refractivity contribution is 9.10. The number of carbonyl (C=O) groups is 1. The Morgan fingerprint density at radius 1 is 1.18 bits per heavy atom. The fourth-order valence-corrected chi connectivity index (χ4v) is 4.01. The lowest BCUT2D eigenvalue weighted by Crippen LogP contribution is -2.15. The maximum absolute atomic E-state index is 12.7. The van der Waals surface area contributed by atoms with Gasteiger partial charge in [-0.15, -0.1) is 0 Å². The van der Waals surface area contributed by atoms with Crippen molar-refractivity contribution in [2.45, 2.75) is 18.7 Å². The number of rotatable bonds is 5. The molecule has 1 amide bonds. The molecule has 3 aromatic rings. The molecule has 0 aliphatic carbocycles. The number of carbonyl (C=O) groups excluding carboxylic acids is 1. The van der Waals surface area contributed by atoms with Crippen molar-refractivity contribution >= 4 is 54.8 Å². The zero-order valence-electron chi connectivity index (χ0n) is 14.8. The summed E-state index contributed by atoms with van der Waals surface area (Å²) in [5.74, 6) is -0.0589. The summed E-state index contributed by atoms with van der Waals surface area (Å²) in [5.41, 5.74) is 1.56. The molecule has 2 N–H and O–H groups in total. The van der Waals surface area contributed by atoms with Crippen LogP contribution < -0.4 is 10.0 Å². The van der Waals surface area contributed by atoms with Crippen molar-refractivity contribution < 1.29 is 17.7 Å². The van der Waals surface area contributed by atoms with Crippen molar-refractivity contribution in [3.8, 4) is 0 Å². The van der Waals surface area contributed by atoms with Crippen LogP contribution in [0.4, 0.5) is 11.4 Å². The summed E-state index contributed by atoms with van der Waals surface area (Å²) < 4.78 is 33.5. The number of hydrogen-bond donors (Lipinski definition) is 2. The zero-order valence-corrected chi connectivity index (χ0v) is 17.9. The maximum Gasteiger partial charge on any atom is 0.261 e. The monoisotopic (exact) mass is 483 g/mol. The van der Waals surface area contributed by atoms with Crippen LogP contribution in [0, 0.1) is 13.8 Å². The minimum absolute atomic E-state index is 0.0961. The first-order chi connectivity index (χ1) is 13.2. The smallest absolute Gasteiger partial charge is 0.261 e. The summed E-state index contributed by atoms with van der Waals surface area (Å²) in [4.78, 5) is 12.4. The van der Waals surface area contributed by atoms with Gasteiger partial charge in [-0.1, -0.05) is 32.7 Å². The van der Waals surface area contributed by atoms with Crippen molar-refractivity contribution in [3.05, 3.63) is 69.0 Å². The molecule has 2 aromatic carbocycles. The van der Waals surface area contributed by atoms with Crippen LogP contribution in [-0.2, 0) is 10.0 Å². The molecule has 1 aromatic heterocycles. The topological polar surface area (TPSA) is 101 Å². The van der Waals surface area contributed by atoms with Gasteiger partial charge in [0.15, 0.2) is 0 Å². The number of nitrogens with zero attached hydrogens (tertiary/aromatic N) is 1. The average Bonchev–Trinajstić information content (AvgIpc) is 3.06. The molecule has 0 radical (unpaired) electrons. The predicted molar refractivity (Wildman–Crippen MR) is 110 cm³/mol. The fraction of sp³-hybridized carbons (Fsp3) is 0.111. The quantitative estimate of drug-likeness (QED) is 0.544. The first-order valence-corrected chi connectivity index (χ1v) is 10.6. The molecular weight excluding hydrogens is 470 g/mol. The van der Waals surface area contributed by atoms with Gasteiger partial charge in [0, 0.05) is 10.2 Å². The molecule has 146 valence electrons. The normalized spacial score (nSPS) is 11.3. The second-order valence-corrected chi connectivity index (χ2v) is 8.90. The molecule has 0 saturated heterocycles. The largest absolute Gasteiger partial charge is 0.361 e. The van der Waals surface area contributed by atoms with E-state index in [0.29, 0.717) is 11.4 Å². The van der Waals surface area contributed by atoms with Crippen molar-refractivity contribution in [1.29, 1.82) is 0 Å². The van der Waals surface area contributed by atoms with Gasteiger partial charge in [-0.3, -0.25) is 9.52 Å². The van der Waals surface area contributed by atoms with E-state index in [4.69, 9.17) is 16.1 Å². The molecule has 0 spiro atoms. The van der Waals surface area contributed by atoms with E-state index in [2.05, 4.69) is 31.1 Å². The van der Waals surface area contributed by atoms with E-state index < -0.39 is 15.9 Å². The van der Waals surface area contributed by atoms with Crippen LogP contribution in [0.3, 0.4) is 0 Å². The zero-order chi connectivity index (χ0) is 20.5. The van der Waals surface area contributed by atoms with Crippen LogP contribution in [0.1, 0.15) is 21.7 Å². The van der Waals surface area contributed by atoms with E-state index in [1.54, 1.807) is 32.0 Å². The molecule has 28 heavy (non-hydrogen) atoms. The molecule has 0 fully saturated rings. The number of benzene rings is 2. The Morgan fingerprint density at radius 2 is 1.93 bits per heavy atom. The Balaban J connectivity index is 1.86. The Labute approximate surface area is 175 Å². The Kier molecular flexibility index (Phi) is 5.78. The number of nitrogens with one attached hydrogen (secondary N) is 2. The summed E-state index contributed by atoms with van der Waals surface area (Å²) in [7, 11) is -3.86. The van der Waals surface area contributed by atoms with Crippen LogP contribution in [0.15, 0.2) is 56.5 Å². The van der Waals surface area contributed by atoms with E-state index in [0.717, 1.165) is 10.0 Å². The van der Waals surface area contributed by atoms with E-state index in [1.807, 2.05) is 0 Å². The van der Waals surface area contributed by atoms with Gasteiger partial charge in [0.1, 0.15) is 11.3 Å². The number of aromatic nitrogens is 1. The molecule has 1 heterocycles. The van der Waals surface area contributed by atoms with Gasteiger partial charge in [0.2, 0.25) is 0 Å². The standard InChI is InChI=1S/C18H15BrClN3O4S/c1-10-7-13(4-5-15(10)19)28(25,26)23-17-8-12(3-6-16(17)20)22-18(24)14-9-21-27-11(14)2/h3-9,23H,1-2H3,(H,22,24). The molecule has 10 heteroatoms. The molecule has 0 aliphatic rings. The summed E-state index contributed by atoms with van der Waals surface area (Å²) >= 11 is 9.48. The number of hydrogen-bond acceptors (Lipinski definition) is 5. The van der Waals surface area contributed by atoms with E-state index >= 15 is 0 Å². The number of sulfonamides is 1. The number of halogens is 2. The molecule has 0 unspecified atom stereocenters. The minimum Gasteiger partial charge on any atom is -0.361 e. The number of aryl methyl sites for hydroxylation is 2. The highest BCUT2D eigenvalue weighted by Crippen LogP contribution is 2.29. The van der Waals surface area contributed by atoms with Gasteiger partial charge >= 0.3 is 0 Å². The van der Waals surface area contributed by atoms with Crippen LogP contribution in [-0.4, -0.2) is 19.5 Å². The van der Waals surface area contributed by atoms with Crippen LogP contribution in [0.5, 0.6) is 0 Å². The van der Waals surface area contributed by atoms with E-state index in [9.17, 15) is 13.2 Å². The predicted octanol–water partition coefficient (Wildman–Crippen LogP) is 4.76. The maximum atomic E-state index is 12.7. The first kappa shape index (κ1) is 20.4. The number of anilines is 2. The van der Waals surface area contributed by atoms with Gasteiger partial charge in [0.25, 0.3) is 15.9 Å². The SMILES string of the molecule is Cc1cc(S(=O)(=O)Nc2cc(NC(=O)c3cnoc3C)ccc2Cl)ccc1Br. The lowest BCUT2D eigenvalue weighted by Gasteiger charge is -2.12. The van der Waals surface area contributed by atoms with Crippen LogP contribution in [0.25, 0.3) is 0 Å². The second-order valence-electron chi connectivity index (χ2n) is 5.96. The highest BCUT2D eigenvalue weighted by Gasteiger charge is 2.18. The Hall–Kier alpha value is -2.36. The Bertz CT molecular complexity index is 1160. The average molecular weight is 485 g/mol. The lowest BCUT2D eigenvalue weighted by molar-refractivity contribution is 0.102. The van der Waals surface area contributed by atoms with Gasteiger partial charge in [-0.05, 0) is 55.8 Å². The molecule has 0 aliphatic heterocycles. The molecule has 3 rings (SSSR count). The van der Waals surface area contributed by atoms with E-state index in [1.165, 1.54) is 24.4 Å². The number of amides is 1. The Morgan fingerprint density at radius 3 is 2.57 bits per heavy atom. The molecular formula is C18H15BrClN3O4S. The molecule has 0 saturated carbocycles. The first-order valence-electron chi connectivity index (χ1n) is 7.98. The van der Waals surface area contributed by atoms with Crippen molar-refractivity contribution in [2.24, 2.45) is 0 Å². The van der Waals surface area contributed by atoms with Crippen LogP contribution in [0.2, 0.25) is 5.02 Å². The minimum atomic E-state index is -3.86. The van der Waals surface area contributed by atoms with Crippen molar-refractivity contribution in [2.75, 3.05) is 10.0 Å². The fourth-order valence-electron chi connectivity index (χ4n) is 2.38. The van der Waals surface area contributed by atoms with Crippen LogP contribution >= 0.6 is 27.5 Å². The van der Waals surface area contributed by atoms with Crippen molar-refractivity contribution in [3.63, 3.8) is 0 Å². The summed E-state index contributed by atoms with van der Waals surface area (Å²) in [5, 5.41) is 6.41. The highest BCUT2D eigenvalue weighted by atomic mass is 79.9. The third-order valence-corrected chi connectivity index (χ3v) is 6.49. The van der Waals surface area contributed by atoms with Gasteiger partial charge in [-0.25, -0.2) is 8.42 Å². The van der Waals surface area contributed by atoms with Gasteiger partial charge in [-0.2, -0.15) is 0 Å². The molecule has 0 atom stereocenters. The summed E-state index contributed by atoms with van der Waals surface area (Å²) in [6.07, 6.45) is 1.31. The van der Waals surface area contributed by atoms with E-state index in [-0.39, 0.29) is 21.2 Å². The lowest BCUT2D eigenvalue weighted by atomic mass is 10.2. The summed E-state index contributed by atoms with van der Waals surface area (Å²) in [6.45, 7) is 3.41. The third kappa shape index (κ3) is 4.37. The molecule has 0 bridgehead atoms. The summed E-state index contributed by atoms with van der Waals surface area (Å²) in [6, 6.07) is 9.16. The van der Waals surface area contributed by atoms with Crippen molar-refractivity contribution in [1.82, 2.24) is 5.16 Å². The third-order valence-electron chi connectivity index (χ3n) is 3.90. The second kappa shape index (κ2) is 7.94. The molecule has 7 nitrogen and oxygen atoms in total. The van der Waals surface area contributed by atoms with Gasteiger partial charge in [0.05, 0.1) is 21.8 Å².